The number of rotatable bonds is 7. The van der Waals surface area contributed by atoms with E-state index in [9.17, 15) is 19.2 Å². The van der Waals surface area contributed by atoms with E-state index in [0.717, 1.165) is 4.57 Å². The molecule has 0 fully saturated rings. The molecule has 2 rings (SSSR count). The standard InChI is InChI=1S/C16H22N4O4/c1-10(21)12(11(2)22)7-5-6-8-20-9-17-14-13(20)15(23)19(4)16(24)18(14)3/h9,12H,5-8H2,1-4H3. The lowest BCUT2D eigenvalue weighted by Crippen LogP contribution is -2.37. The number of aryl methyl sites for hydroxylation is 2. The summed E-state index contributed by atoms with van der Waals surface area (Å²) < 4.78 is 4.12. The van der Waals surface area contributed by atoms with Crippen LogP contribution in [-0.2, 0) is 30.2 Å². The Morgan fingerprint density at radius 1 is 1.08 bits per heavy atom. The van der Waals surface area contributed by atoms with Gasteiger partial charge in [0.05, 0.1) is 12.2 Å². The van der Waals surface area contributed by atoms with E-state index >= 15 is 0 Å². The molecule has 0 atom stereocenters. The van der Waals surface area contributed by atoms with E-state index in [2.05, 4.69) is 4.98 Å². The maximum atomic E-state index is 12.3. The summed E-state index contributed by atoms with van der Waals surface area (Å²) in [5, 5.41) is 0. The van der Waals surface area contributed by atoms with E-state index in [0.29, 0.717) is 37.0 Å². The van der Waals surface area contributed by atoms with E-state index in [4.69, 9.17) is 0 Å². The van der Waals surface area contributed by atoms with Crippen molar-refractivity contribution in [3.63, 3.8) is 0 Å². The van der Waals surface area contributed by atoms with Crippen LogP contribution in [0.2, 0.25) is 0 Å². The van der Waals surface area contributed by atoms with Gasteiger partial charge in [-0.1, -0.05) is 6.42 Å². The Labute approximate surface area is 138 Å². The van der Waals surface area contributed by atoms with Gasteiger partial charge >= 0.3 is 5.69 Å². The molecule has 0 spiro atoms. The number of hydrogen-bond acceptors (Lipinski definition) is 5. The summed E-state index contributed by atoms with van der Waals surface area (Å²) in [6, 6.07) is 0. The van der Waals surface area contributed by atoms with Crippen LogP contribution in [0.3, 0.4) is 0 Å². The lowest BCUT2D eigenvalue weighted by molar-refractivity contribution is -0.130. The molecule has 2 aromatic rings. The molecule has 0 radical (unpaired) electrons. The SMILES string of the molecule is CC(=O)C(CCCCn1cnc2c1c(=O)n(C)c(=O)n2C)C(C)=O. The van der Waals surface area contributed by atoms with E-state index in [-0.39, 0.29) is 17.1 Å². The fourth-order valence-electron chi connectivity index (χ4n) is 2.89. The van der Waals surface area contributed by atoms with Gasteiger partial charge in [0.2, 0.25) is 0 Å². The minimum Gasteiger partial charge on any atom is -0.325 e. The summed E-state index contributed by atoms with van der Waals surface area (Å²) in [5.74, 6) is -0.767. The Hall–Kier alpha value is -2.51. The third-order valence-corrected chi connectivity index (χ3v) is 4.34. The number of carbonyl (C=O) groups is 2. The van der Waals surface area contributed by atoms with Crippen LogP contribution in [0.25, 0.3) is 11.2 Å². The van der Waals surface area contributed by atoms with Gasteiger partial charge in [-0.3, -0.25) is 23.5 Å². The van der Waals surface area contributed by atoms with Crippen molar-refractivity contribution in [1.29, 1.82) is 0 Å². The first-order chi connectivity index (χ1) is 11.3. The number of carbonyl (C=O) groups excluding carboxylic acids is 2. The zero-order valence-electron chi connectivity index (χ0n) is 14.4. The average molecular weight is 334 g/mol. The Morgan fingerprint density at radius 3 is 2.29 bits per heavy atom. The molecule has 0 saturated carbocycles. The van der Waals surface area contributed by atoms with E-state index in [1.165, 1.54) is 25.5 Å². The second-order valence-corrected chi connectivity index (χ2v) is 6.09. The van der Waals surface area contributed by atoms with Gasteiger partial charge in [0, 0.05) is 20.6 Å². The zero-order chi connectivity index (χ0) is 18.0. The summed E-state index contributed by atoms with van der Waals surface area (Å²) in [7, 11) is 3.01. The molecule has 0 bridgehead atoms. The second kappa shape index (κ2) is 6.94. The van der Waals surface area contributed by atoms with Gasteiger partial charge in [-0.25, -0.2) is 9.78 Å². The molecule has 24 heavy (non-hydrogen) atoms. The quantitative estimate of drug-likeness (QED) is 0.539. The Kier molecular flexibility index (Phi) is 5.16. The fourth-order valence-corrected chi connectivity index (χ4v) is 2.89. The van der Waals surface area contributed by atoms with Crippen LogP contribution in [0, 0.1) is 5.92 Å². The zero-order valence-corrected chi connectivity index (χ0v) is 14.4. The molecule has 0 N–H and O–H groups in total. The third kappa shape index (κ3) is 3.22. The summed E-state index contributed by atoms with van der Waals surface area (Å²) in [6.07, 6.45) is 3.44. The first-order valence-electron chi connectivity index (χ1n) is 7.87. The van der Waals surface area contributed by atoms with Gasteiger partial charge in [0.15, 0.2) is 11.2 Å². The maximum absolute atomic E-state index is 12.3. The summed E-state index contributed by atoms with van der Waals surface area (Å²) >= 11 is 0. The lowest BCUT2D eigenvalue weighted by atomic mass is 9.94. The minimum atomic E-state index is -0.543. The Balaban J connectivity index is 2.15. The largest absolute Gasteiger partial charge is 0.332 e. The fraction of sp³-hybridized carbons (Fsp3) is 0.562. The highest BCUT2D eigenvalue weighted by atomic mass is 16.2. The van der Waals surface area contributed by atoms with Crippen LogP contribution in [0.1, 0.15) is 33.1 Å². The molecule has 0 aliphatic rings. The monoisotopic (exact) mass is 334 g/mol. The molecule has 0 aromatic carbocycles. The molecule has 0 saturated heterocycles. The number of fused-ring (bicyclic) bond motifs is 1. The summed E-state index contributed by atoms with van der Waals surface area (Å²) in [6.45, 7) is 3.39. The van der Waals surface area contributed by atoms with Crippen molar-refractivity contribution in [3.05, 3.63) is 27.2 Å². The highest BCUT2D eigenvalue weighted by Gasteiger charge is 2.19. The number of imidazole rings is 1. The molecule has 8 heteroatoms. The molecular formula is C16H22N4O4. The van der Waals surface area contributed by atoms with Crippen molar-refractivity contribution in [2.24, 2.45) is 20.0 Å². The van der Waals surface area contributed by atoms with Crippen molar-refractivity contribution >= 4 is 22.7 Å². The van der Waals surface area contributed by atoms with Crippen LogP contribution in [0.4, 0.5) is 0 Å². The predicted molar refractivity (Wildman–Crippen MR) is 88.9 cm³/mol. The third-order valence-electron chi connectivity index (χ3n) is 4.34. The van der Waals surface area contributed by atoms with Crippen molar-refractivity contribution < 1.29 is 9.59 Å². The highest BCUT2D eigenvalue weighted by Crippen LogP contribution is 2.13. The number of nitrogens with zero attached hydrogens (tertiary/aromatic N) is 4. The molecule has 8 nitrogen and oxygen atoms in total. The smallest absolute Gasteiger partial charge is 0.325 e. The van der Waals surface area contributed by atoms with Gasteiger partial charge in [-0.2, -0.15) is 0 Å². The maximum Gasteiger partial charge on any atom is 0.332 e. The van der Waals surface area contributed by atoms with Crippen LogP contribution >= 0.6 is 0 Å². The molecular weight excluding hydrogens is 312 g/mol. The first kappa shape index (κ1) is 17.8. The Morgan fingerprint density at radius 2 is 1.71 bits per heavy atom. The number of ketones is 2. The van der Waals surface area contributed by atoms with Crippen LogP contribution in [-0.4, -0.2) is 30.3 Å². The molecule has 0 aliphatic heterocycles. The second-order valence-electron chi connectivity index (χ2n) is 6.09. The molecule has 130 valence electrons. The first-order valence-corrected chi connectivity index (χ1v) is 7.87. The minimum absolute atomic E-state index is 0.112. The van der Waals surface area contributed by atoms with E-state index < -0.39 is 11.6 Å². The van der Waals surface area contributed by atoms with Gasteiger partial charge in [-0.15, -0.1) is 0 Å². The number of unbranched alkanes of at least 4 members (excludes halogenated alkanes) is 1. The molecule has 0 unspecified atom stereocenters. The van der Waals surface area contributed by atoms with Gasteiger partial charge in [0.1, 0.15) is 11.6 Å². The van der Waals surface area contributed by atoms with Crippen LogP contribution in [0.5, 0.6) is 0 Å². The van der Waals surface area contributed by atoms with Gasteiger partial charge in [0.25, 0.3) is 5.56 Å². The topological polar surface area (TPSA) is 96.0 Å². The highest BCUT2D eigenvalue weighted by molar-refractivity contribution is 6.00. The number of hydrogen-bond donors (Lipinski definition) is 0. The lowest BCUT2D eigenvalue weighted by Gasteiger charge is -2.10. The van der Waals surface area contributed by atoms with Crippen molar-refractivity contribution in [2.75, 3.05) is 0 Å². The molecule has 2 heterocycles. The van der Waals surface area contributed by atoms with E-state index in [1.54, 1.807) is 17.9 Å². The van der Waals surface area contributed by atoms with Gasteiger partial charge < -0.3 is 4.57 Å². The predicted octanol–water partition coefficient (Wildman–Crippen LogP) is 0.398. The summed E-state index contributed by atoms with van der Waals surface area (Å²) in [4.78, 5) is 51.2. The number of Topliss-reactive ketones (excluding diaryl/α,β-unsaturated/α-hetero) is 2. The number of aromatic nitrogens is 4. The molecule has 0 aliphatic carbocycles. The Bertz CT molecular complexity index is 889. The van der Waals surface area contributed by atoms with Gasteiger partial charge in [-0.05, 0) is 26.7 Å². The molecule has 2 aromatic heterocycles. The average Bonchev–Trinajstić information content (AvgIpc) is 2.94. The van der Waals surface area contributed by atoms with Crippen molar-refractivity contribution in [1.82, 2.24) is 18.7 Å². The van der Waals surface area contributed by atoms with Crippen molar-refractivity contribution in [2.45, 2.75) is 39.7 Å². The molecule has 0 amide bonds. The van der Waals surface area contributed by atoms with E-state index in [1.807, 2.05) is 0 Å². The van der Waals surface area contributed by atoms with Crippen LogP contribution < -0.4 is 11.2 Å². The summed E-state index contributed by atoms with van der Waals surface area (Å²) in [5.41, 5.74) is -0.0535. The normalized spacial score (nSPS) is 11.4. The van der Waals surface area contributed by atoms with Crippen molar-refractivity contribution in [3.8, 4) is 0 Å². The van der Waals surface area contributed by atoms with Crippen LogP contribution in [0.15, 0.2) is 15.9 Å².